The van der Waals surface area contributed by atoms with Gasteiger partial charge in [0.1, 0.15) is 0 Å². The summed E-state index contributed by atoms with van der Waals surface area (Å²) in [6, 6.07) is 11.4. The number of esters is 1. The van der Waals surface area contributed by atoms with Crippen LogP contribution < -0.4 is 0 Å². The second-order valence-corrected chi connectivity index (χ2v) is 6.02. The van der Waals surface area contributed by atoms with Gasteiger partial charge in [-0.2, -0.15) is 0 Å². The zero-order chi connectivity index (χ0) is 15.1. The molecule has 1 aliphatic rings. The van der Waals surface area contributed by atoms with E-state index in [0.29, 0.717) is 25.1 Å². The molecule has 0 spiro atoms. The molecule has 0 amide bonds. The van der Waals surface area contributed by atoms with Gasteiger partial charge in [0.15, 0.2) is 0 Å². The van der Waals surface area contributed by atoms with Crippen molar-refractivity contribution in [1.29, 1.82) is 0 Å². The number of hydrogen-bond donors (Lipinski definition) is 0. The van der Waals surface area contributed by atoms with Gasteiger partial charge >= 0.3 is 5.97 Å². The van der Waals surface area contributed by atoms with E-state index in [4.69, 9.17) is 4.74 Å². The number of benzene rings is 1. The molecule has 3 nitrogen and oxygen atoms in total. The maximum absolute atomic E-state index is 11.9. The van der Waals surface area contributed by atoms with Crippen molar-refractivity contribution in [2.24, 2.45) is 0 Å². The second-order valence-electron chi connectivity index (χ2n) is 6.02. The summed E-state index contributed by atoms with van der Waals surface area (Å²) < 4.78 is 5.31. The highest BCUT2D eigenvalue weighted by atomic mass is 16.5. The third-order valence-corrected chi connectivity index (χ3v) is 4.32. The third-order valence-electron chi connectivity index (χ3n) is 4.32. The standard InChI is InChI=1S/C18H27NO2/c1-3-4-12-21-18(20)13-17-11-10-15(2)19(17)14-16-8-6-5-7-9-16/h5-9,15,17H,3-4,10-14H2,1-2H3/t15?,17-/m1/s1. The van der Waals surface area contributed by atoms with E-state index in [1.54, 1.807) is 0 Å². The normalized spacial score (nSPS) is 22.4. The van der Waals surface area contributed by atoms with E-state index in [2.05, 4.69) is 43.0 Å². The molecular formula is C18H27NO2. The highest BCUT2D eigenvalue weighted by Crippen LogP contribution is 2.28. The van der Waals surface area contributed by atoms with Crippen molar-refractivity contribution in [3.63, 3.8) is 0 Å². The molecule has 116 valence electrons. The van der Waals surface area contributed by atoms with Gasteiger partial charge in [-0.25, -0.2) is 0 Å². The van der Waals surface area contributed by atoms with E-state index in [0.717, 1.165) is 25.8 Å². The topological polar surface area (TPSA) is 29.5 Å². The maximum atomic E-state index is 11.9. The molecule has 1 saturated heterocycles. The Hall–Kier alpha value is -1.35. The van der Waals surface area contributed by atoms with E-state index in [9.17, 15) is 4.79 Å². The van der Waals surface area contributed by atoms with Gasteiger partial charge in [-0.1, -0.05) is 43.7 Å². The molecule has 0 radical (unpaired) electrons. The molecule has 0 aromatic heterocycles. The summed E-state index contributed by atoms with van der Waals surface area (Å²) in [5.41, 5.74) is 1.32. The van der Waals surface area contributed by atoms with Crippen molar-refractivity contribution in [3.8, 4) is 0 Å². The first kappa shape index (κ1) is 16.0. The van der Waals surface area contributed by atoms with Gasteiger partial charge < -0.3 is 4.74 Å². The number of likely N-dealkylation sites (tertiary alicyclic amines) is 1. The lowest BCUT2D eigenvalue weighted by Gasteiger charge is -2.28. The van der Waals surface area contributed by atoms with Crippen LogP contribution in [0.5, 0.6) is 0 Å². The summed E-state index contributed by atoms with van der Waals surface area (Å²) in [5.74, 6) is -0.0411. The van der Waals surface area contributed by atoms with Gasteiger partial charge in [0, 0.05) is 18.6 Å². The fourth-order valence-corrected chi connectivity index (χ4v) is 3.01. The average molecular weight is 289 g/mol. The molecule has 3 heteroatoms. The van der Waals surface area contributed by atoms with E-state index >= 15 is 0 Å². The van der Waals surface area contributed by atoms with Crippen LogP contribution in [-0.2, 0) is 16.1 Å². The Morgan fingerprint density at radius 2 is 2.05 bits per heavy atom. The van der Waals surface area contributed by atoms with Gasteiger partial charge in [0.25, 0.3) is 0 Å². The highest BCUT2D eigenvalue weighted by Gasteiger charge is 2.32. The van der Waals surface area contributed by atoms with Crippen LogP contribution >= 0.6 is 0 Å². The Labute approximate surface area is 128 Å². The van der Waals surface area contributed by atoms with E-state index < -0.39 is 0 Å². The molecule has 21 heavy (non-hydrogen) atoms. The predicted octanol–water partition coefficient (Wildman–Crippen LogP) is 3.77. The molecule has 0 bridgehead atoms. The molecule has 1 aliphatic heterocycles. The summed E-state index contributed by atoms with van der Waals surface area (Å²) in [7, 11) is 0. The van der Waals surface area contributed by atoms with Gasteiger partial charge in [-0.15, -0.1) is 0 Å². The smallest absolute Gasteiger partial charge is 0.307 e. The maximum Gasteiger partial charge on any atom is 0.307 e. The van der Waals surface area contributed by atoms with Crippen LogP contribution in [0.1, 0.15) is 51.5 Å². The van der Waals surface area contributed by atoms with Crippen LogP contribution in [0.25, 0.3) is 0 Å². The van der Waals surface area contributed by atoms with Crippen molar-refractivity contribution < 1.29 is 9.53 Å². The van der Waals surface area contributed by atoms with Crippen LogP contribution in [0.15, 0.2) is 30.3 Å². The number of ether oxygens (including phenoxy) is 1. The summed E-state index contributed by atoms with van der Waals surface area (Å²) in [5, 5.41) is 0. The number of hydrogen-bond acceptors (Lipinski definition) is 3. The van der Waals surface area contributed by atoms with Gasteiger partial charge in [-0.3, -0.25) is 9.69 Å². The number of carbonyl (C=O) groups excluding carboxylic acids is 1. The molecular weight excluding hydrogens is 262 g/mol. The lowest BCUT2D eigenvalue weighted by Crippen LogP contribution is -2.35. The van der Waals surface area contributed by atoms with E-state index in [1.165, 1.54) is 12.0 Å². The molecule has 0 N–H and O–H groups in total. The minimum atomic E-state index is -0.0411. The number of carbonyl (C=O) groups is 1. The first-order valence-corrected chi connectivity index (χ1v) is 8.16. The first-order chi connectivity index (χ1) is 10.2. The quantitative estimate of drug-likeness (QED) is 0.565. The Balaban J connectivity index is 1.87. The Kier molecular flexibility index (Phi) is 6.24. The van der Waals surface area contributed by atoms with Crippen LogP contribution in [-0.4, -0.2) is 29.6 Å². The summed E-state index contributed by atoms with van der Waals surface area (Å²) >= 11 is 0. The highest BCUT2D eigenvalue weighted by molar-refractivity contribution is 5.70. The van der Waals surface area contributed by atoms with Crippen molar-refractivity contribution in [1.82, 2.24) is 4.90 Å². The number of unbranched alkanes of at least 4 members (excludes halogenated alkanes) is 1. The molecule has 1 unspecified atom stereocenters. The lowest BCUT2D eigenvalue weighted by atomic mass is 10.1. The zero-order valence-electron chi connectivity index (χ0n) is 13.3. The Morgan fingerprint density at radius 3 is 2.76 bits per heavy atom. The molecule has 0 aliphatic carbocycles. The molecule has 1 fully saturated rings. The Morgan fingerprint density at radius 1 is 1.29 bits per heavy atom. The minimum Gasteiger partial charge on any atom is -0.466 e. The monoisotopic (exact) mass is 289 g/mol. The van der Waals surface area contributed by atoms with Crippen molar-refractivity contribution in [2.75, 3.05) is 6.61 Å². The minimum absolute atomic E-state index is 0.0411. The third kappa shape index (κ3) is 4.85. The van der Waals surface area contributed by atoms with Gasteiger partial charge in [0.2, 0.25) is 0 Å². The lowest BCUT2D eigenvalue weighted by molar-refractivity contribution is -0.145. The van der Waals surface area contributed by atoms with Crippen molar-refractivity contribution in [3.05, 3.63) is 35.9 Å². The average Bonchev–Trinajstić information content (AvgIpc) is 2.82. The fraction of sp³-hybridized carbons (Fsp3) is 0.611. The van der Waals surface area contributed by atoms with E-state index in [-0.39, 0.29) is 5.97 Å². The predicted molar refractivity (Wildman–Crippen MR) is 85.0 cm³/mol. The van der Waals surface area contributed by atoms with Crippen LogP contribution in [0, 0.1) is 0 Å². The largest absolute Gasteiger partial charge is 0.466 e. The molecule has 1 heterocycles. The van der Waals surface area contributed by atoms with Crippen molar-refractivity contribution >= 4 is 5.97 Å². The number of nitrogens with zero attached hydrogens (tertiary/aromatic N) is 1. The second kappa shape index (κ2) is 8.18. The summed E-state index contributed by atoms with van der Waals surface area (Å²) in [6.45, 7) is 5.85. The van der Waals surface area contributed by atoms with Crippen LogP contribution in [0.4, 0.5) is 0 Å². The Bertz CT molecular complexity index is 432. The number of rotatable bonds is 7. The summed E-state index contributed by atoms with van der Waals surface area (Å²) in [6.07, 6.45) is 4.81. The zero-order valence-corrected chi connectivity index (χ0v) is 13.3. The molecule has 1 aromatic rings. The SMILES string of the molecule is CCCCOC(=O)C[C@H]1CCC(C)N1Cc1ccccc1. The van der Waals surface area contributed by atoms with E-state index in [1.807, 2.05) is 6.07 Å². The fourth-order valence-electron chi connectivity index (χ4n) is 3.01. The first-order valence-electron chi connectivity index (χ1n) is 8.16. The van der Waals surface area contributed by atoms with Crippen molar-refractivity contribution in [2.45, 2.75) is 64.6 Å². The summed E-state index contributed by atoms with van der Waals surface area (Å²) in [4.78, 5) is 14.4. The van der Waals surface area contributed by atoms with Crippen LogP contribution in [0.2, 0.25) is 0 Å². The van der Waals surface area contributed by atoms with Gasteiger partial charge in [0.05, 0.1) is 13.0 Å². The molecule has 2 atom stereocenters. The van der Waals surface area contributed by atoms with Gasteiger partial charge in [-0.05, 0) is 31.7 Å². The van der Waals surface area contributed by atoms with Crippen LogP contribution in [0.3, 0.4) is 0 Å². The molecule has 2 rings (SSSR count). The molecule has 0 saturated carbocycles. The molecule has 1 aromatic carbocycles.